The molecule has 0 radical (unpaired) electrons. The molecule has 0 aliphatic rings. The summed E-state index contributed by atoms with van der Waals surface area (Å²) < 4.78 is 8.00. The van der Waals surface area contributed by atoms with Crippen molar-refractivity contribution in [3.8, 4) is 17.0 Å². The standard InChI is InChI=1S/C12H14BrN3O/c1-7-11(15-16(2)12(7)14)9-6-8(13)4-5-10(9)17-3/h4-6H,14H2,1-3H3. The number of nitrogens with two attached hydrogens (primary N) is 1. The summed E-state index contributed by atoms with van der Waals surface area (Å²) in [5, 5.41) is 4.42. The summed E-state index contributed by atoms with van der Waals surface area (Å²) in [6.07, 6.45) is 0. The molecule has 0 unspecified atom stereocenters. The zero-order valence-corrected chi connectivity index (χ0v) is 11.6. The van der Waals surface area contributed by atoms with E-state index in [1.54, 1.807) is 11.8 Å². The highest BCUT2D eigenvalue weighted by Crippen LogP contribution is 2.35. The van der Waals surface area contributed by atoms with Crippen LogP contribution in [0.5, 0.6) is 5.75 Å². The molecule has 2 rings (SSSR count). The Hall–Kier alpha value is -1.49. The fourth-order valence-corrected chi connectivity index (χ4v) is 2.13. The van der Waals surface area contributed by atoms with Crippen LogP contribution in [-0.2, 0) is 7.05 Å². The van der Waals surface area contributed by atoms with Gasteiger partial charge in [-0.1, -0.05) is 15.9 Å². The molecule has 1 aromatic heterocycles. The molecule has 0 aliphatic heterocycles. The topological polar surface area (TPSA) is 53.1 Å². The molecule has 0 amide bonds. The van der Waals surface area contributed by atoms with Crippen LogP contribution in [0.25, 0.3) is 11.3 Å². The number of hydrogen-bond donors (Lipinski definition) is 1. The van der Waals surface area contributed by atoms with Gasteiger partial charge in [0.15, 0.2) is 0 Å². The van der Waals surface area contributed by atoms with E-state index in [9.17, 15) is 0 Å². The van der Waals surface area contributed by atoms with E-state index in [0.29, 0.717) is 5.82 Å². The Labute approximate surface area is 109 Å². The monoisotopic (exact) mass is 295 g/mol. The maximum atomic E-state index is 5.92. The number of rotatable bonds is 2. The van der Waals surface area contributed by atoms with Crippen molar-refractivity contribution in [1.82, 2.24) is 9.78 Å². The van der Waals surface area contributed by atoms with Crippen molar-refractivity contribution in [2.75, 3.05) is 12.8 Å². The van der Waals surface area contributed by atoms with E-state index in [1.807, 2.05) is 32.2 Å². The summed E-state index contributed by atoms with van der Waals surface area (Å²) in [5.74, 6) is 1.46. The fourth-order valence-electron chi connectivity index (χ4n) is 1.76. The first-order valence-electron chi connectivity index (χ1n) is 5.17. The van der Waals surface area contributed by atoms with Crippen molar-refractivity contribution < 1.29 is 4.74 Å². The van der Waals surface area contributed by atoms with Crippen LogP contribution in [0, 0.1) is 6.92 Å². The van der Waals surface area contributed by atoms with Crippen LogP contribution in [0.3, 0.4) is 0 Å². The molecule has 0 spiro atoms. The van der Waals surface area contributed by atoms with E-state index in [4.69, 9.17) is 10.5 Å². The van der Waals surface area contributed by atoms with E-state index in [-0.39, 0.29) is 0 Å². The van der Waals surface area contributed by atoms with Crippen molar-refractivity contribution in [1.29, 1.82) is 0 Å². The number of benzene rings is 1. The summed E-state index contributed by atoms with van der Waals surface area (Å²) in [6.45, 7) is 1.96. The van der Waals surface area contributed by atoms with Gasteiger partial charge in [0.05, 0.1) is 7.11 Å². The summed E-state index contributed by atoms with van der Waals surface area (Å²) in [6, 6.07) is 5.82. The third-order valence-electron chi connectivity index (χ3n) is 2.75. The Bertz CT molecular complexity index is 563. The summed E-state index contributed by atoms with van der Waals surface area (Å²) in [5.41, 5.74) is 8.67. The molecule has 4 nitrogen and oxygen atoms in total. The van der Waals surface area contributed by atoms with Gasteiger partial charge in [0.2, 0.25) is 0 Å². The highest BCUT2D eigenvalue weighted by Gasteiger charge is 2.15. The molecule has 2 aromatic rings. The number of nitrogen functional groups attached to an aromatic ring is 1. The maximum absolute atomic E-state index is 5.92. The quantitative estimate of drug-likeness (QED) is 0.927. The maximum Gasteiger partial charge on any atom is 0.128 e. The molecule has 0 bridgehead atoms. The Morgan fingerprint density at radius 1 is 1.41 bits per heavy atom. The lowest BCUT2D eigenvalue weighted by molar-refractivity contribution is 0.416. The Morgan fingerprint density at radius 2 is 2.12 bits per heavy atom. The van der Waals surface area contributed by atoms with Crippen molar-refractivity contribution in [3.05, 3.63) is 28.2 Å². The average Bonchev–Trinajstić information content (AvgIpc) is 2.57. The smallest absolute Gasteiger partial charge is 0.128 e. The highest BCUT2D eigenvalue weighted by molar-refractivity contribution is 9.10. The van der Waals surface area contributed by atoms with Crippen LogP contribution in [0.1, 0.15) is 5.56 Å². The predicted molar refractivity (Wildman–Crippen MR) is 72.0 cm³/mol. The molecule has 17 heavy (non-hydrogen) atoms. The van der Waals surface area contributed by atoms with Gasteiger partial charge in [0.1, 0.15) is 17.3 Å². The summed E-state index contributed by atoms with van der Waals surface area (Å²) >= 11 is 3.45. The van der Waals surface area contributed by atoms with Gasteiger partial charge >= 0.3 is 0 Å². The van der Waals surface area contributed by atoms with Crippen molar-refractivity contribution >= 4 is 21.7 Å². The molecule has 90 valence electrons. The van der Waals surface area contributed by atoms with Crippen LogP contribution in [0.15, 0.2) is 22.7 Å². The number of ether oxygens (including phenoxy) is 1. The van der Waals surface area contributed by atoms with Crippen LogP contribution in [0.4, 0.5) is 5.82 Å². The average molecular weight is 296 g/mol. The minimum absolute atomic E-state index is 0.669. The van der Waals surface area contributed by atoms with Gasteiger partial charge in [-0.05, 0) is 25.1 Å². The molecule has 0 saturated heterocycles. The lowest BCUT2D eigenvalue weighted by Gasteiger charge is -2.07. The molecule has 1 aromatic carbocycles. The zero-order chi connectivity index (χ0) is 12.6. The zero-order valence-electron chi connectivity index (χ0n) is 9.99. The van der Waals surface area contributed by atoms with E-state index in [2.05, 4.69) is 21.0 Å². The number of halogens is 1. The second-order valence-corrected chi connectivity index (χ2v) is 4.74. The van der Waals surface area contributed by atoms with Crippen LogP contribution >= 0.6 is 15.9 Å². The Balaban J connectivity index is 2.67. The van der Waals surface area contributed by atoms with E-state index in [0.717, 1.165) is 27.0 Å². The molecule has 0 atom stereocenters. The van der Waals surface area contributed by atoms with Crippen molar-refractivity contribution in [2.24, 2.45) is 7.05 Å². The van der Waals surface area contributed by atoms with Gasteiger partial charge in [0.25, 0.3) is 0 Å². The Kier molecular flexibility index (Phi) is 3.11. The van der Waals surface area contributed by atoms with Gasteiger partial charge < -0.3 is 10.5 Å². The minimum Gasteiger partial charge on any atom is -0.496 e. The number of aryl methyl sites for hydroxylation is 1. The number of nitrogens with zero attached hydrogens (tertiary/aromatic N) is 2. The lowest BCUT2D eigenvalue weighted by Crippen LogP contribution is -1.97. The highest BCUT2D eigenvalue weighted by atomic mass is 79.9. The van der Waals surface area contributed by atoms with Gasteiger partial charge in [-0.2, -0.15) is 5.10 Å². The van der Waals surface area contributed by atoms with Gasteiger partial charge in [-0.3, -0.25) is 4.68 Å². The largest absolute Gasteiger partial charge is 0.496 e. The van der Waals surface area contributed by atoms with Crippen LogP contribution in [-0.4, -0.2) is 16.9 Å². The molecular formula is C12H14BrN3O. The molecule has 1 heterocycles. The predicted octanol–water partition coefficient (Wildman–Crippen LogP) is 2.75. The normalized spacial score (nSPS) is 10.6. The van der Waals surface area contributed by atoms with Crippen LogP contribution < -0.4 is 10.5 Å². The first-order chi connectivity index (χ1) is 8.04. The third-order valence-corrected chi connectivity index (χ3v) is 3.25. The van der Waals surface area contributed by atoms with Gasteiger partial charge in [-0.15, -0.1) is 0 Å². The lowest BCUT2D eigenvalue weighted by atomic mass is 10.1. The third kappa shape index (κ3) is 2.02. The van der Waals surface area contributed by atoms with Gasteiger partial charge in [-0.25, -0.2) is 0 Å². The van der Waals surface area contributed by atoms with E-state index in [1.165, 1.54) is 0 Å². The number of aromatic nitrogens is 2. The SMILES string of the molecule is COc1ccc(Br)cc1-c1nn(C)c(N)c1C. The van der Waals surface area contributed by atoms with Crippen LogP contribution in [0.2, 0.25) is 0 Å². The second-order valence-electron chi connectivity index (χ2n) is 3.83. The summed E-state index contributed by atoms with van der Waals surface area (Å²) in [4.78, 5) is 0. The van der Waals surface area contributed by atoms with Crippen molar-refractivity contribution in [2.45, 2.75) is 6.92 Å². The van der Waals surface area contributed by atoms with Gasteiger partial charge in [0, 0.05) is 22.6 Å². The molecule has 0 fully saturated rings. The molecule has 2 N–H and O–H groups in total. The van der Waals surface area contributed by atoms with E-state index < -0.39 is 0 Å². The summed E-state index contributed by atoms with van der Waals surface area (Å²) in [7, 11) is 3.48. The van der Waals surface area contributed by atoms with E-state index >= 15 is 0 Å². The van der Waals surface area contributed by atoms with Crippen molar-refractivity contribution in [3.63, 3.8) is 0 Å². The number of anilines is 1. The number of methoxy groups -OCH3 is 1. The molecule has 5 heteroatoms. The molecule has 0 aliphatic carbocycles. The molecular weight excluding hydrogens is 282 g/mol. The fraction of sp³-hybridized carbons (Fsp3) is 0.250. The second kappa shape index (κ2) is 4.41. The Morgan fingerprint density at radius 3 is 2.65 bits per heavy atom. The first-order valence-corrected chi connectivity index (χ1v) is 5.97. The number of hydrogen-bond acceptors (Lipinski definition) is 3. The molecule has 0 saturated carbocycles. The first kappa shape index (κ1) is 12.0. The minimum atomic E-state index is 0.669.